The summed E-state index contributed by atoms with van der Waals surface area (Å²) in [5, 5.41) is 7.91. The summed E-state index contributed by atoms with van der Waals surface area (Å²) >= 11 is 6.10. The summed E-state index contributed by atoms with van der Waals surface area (Å²) in [6, 6.07) is 20.6. The summed E-state index contributed by atoms with van der Waals surface area (Å²) in [5.74, 6) is 0.145. The summed E-state index contributed by atoms with van der Waals surface area (Å²) in [6.45, 7) is 1.98. The van der Waals surface area contributed by atoms with E-state index in [1.165, 1.54) is 12.4 Å². The fourth-order valence-corrected chi connectivity index (χ4v) is 4.32. The first-order valence-electron chi connectivity index (χ1n) is 11.4. The Balaban J connectivity index is 1.51. The van der Waals surface area contributed by atoms with Crippen molar-refractivity contribution >= 4 is 29.2 Å². The van der Waals surface area contributed by atoms with Crippen molar-refractivity contribution in [2.45, 2.75) is 19.6 Å². The molecule has 1 aliphatic heterocycles. The number of esters is 1. The number of benzene rings is 3. The van der Waals surface area contributed by atoms with Gasteiger partial charge in [0.1, 0.15) is 30.5 Å². The van der Waals surface area contributed by atoms with Gasteiger partial charge in [0.2, 0.25) is 5.95 Å². The molecule has 0 saturated heterocycles. The average Bonchev–Trinajstić information content (AvgIpc) is 3.37. The van der Waals surface area contributed by atoms with Crippen molar-refractivity contribution in [3.05, 3.63) is 112 Å². The lowest BCUT2D eigenvalue weighted by atomic mass is 9.93. The van der Waals surface area contributed by atoms with Crippen molar-refractivity contribution in [3.63, 3.8) is 0 Å². The van der Waals surface area contributed by atoms with Gasteiger partial charge in [0.25, 0.3) is 0 Å². The van der Waals surface area contributed by atoms with Gasteiger partial charge < -0.3 is 14.8 Å². The largest absolute Gasteiger partial charge is 0.489 e. The first-order chi connectivity index (χ1) is 17.6. The second-order valence-electron chi connectivity index (χ2n) is 7.99. The maximum Gasteiger partial charge on any atom is 0.338 e. The van der Waals surface area contributed by atoms with Crippen LogP contribution in [0.2, 0.25) is 5.02 Å². The van der Waals surface area contributed by atoms with E-state index in [1.54, 1.807) is 35.9 Å². The van der Waals surface area contributed by atoms with Crippen molar-refractivity contribution in [1.29, 1.82) is 0 Å². The van der Waals surface area contributed by atoms with Crippen molar-refractivity contribution in [1.82, 2.24) is 14.8 Å². The van der Waals surface area contributed by atoms with Gasteiger partial charge in [0.15, 0.2) is 0 Å². The Morgan fingerprint density at radius 3 is 2.58 bits per heavy atom. The van der Waals surface area contributed by atoms with Gasteiger partial charge in [0.05, 0.1) is 22.9 Å². The van der Waals surface area contributed by atoms with Gasteiger partial charge in [-0.05, 0) is 42.3 Å². The quantitative estimate of drug-likeness (QED) is 0.328. The second kappa shape index (κ2) is 10.2. The molecule has 0 unspecified atom stereocenters. The fourth-order valence-electron chi connectivity index (χ4n) is 4.10. The molecule has 0 spiro atoms. The molecule has 1 aromatic heterocycles. The number of hydrogen-bond acceptors (Lipinski definition) is 6. The van der Waals surface area contributed by atoms with E-state index in [1.807, 2.05) is 42.5 Å². The number of nitrogens with one attached hydrogen (secondary N) is 1. The van der Waals surface area contributed by atoms with Gasteiger partial charge in [-0.1, -0.05) is 60.1 Å². The topological polar surface area (TPSA) is 78.3 Å². The number of hydrogen-bond donors (Lipinski definition) is 1. The van der Waals surface area contributed by atoms with Gasteiger partial charge in [-0.2, -0.15) is 10.1 Å². The molecule has 1 aliphatic rings. The van der Waals surface area contributed by atoms with E-state index in [2.05, 4.69) is 15.4 Å². The molecule has 3 aromatic carbocycles. The van der Waals surface area contributed by atoms with Crippen LogP contribution in [-0.2, 0) is 16.1 Å². The first kappa shape index (κ1) is 23.6. The van der Waals surface area contributed by atoms with Crippen LogP contribution in [0.15, 0.2) is 84.7 Å². The van der Waals surface area contributed by atoms with Crippen LogP contribution in [0.5, 0.6) is 5.75 Å². The van der Waals surface area contributed by atoms with Crippen molar-refractivity contribution < 1.29 is 18.7 Å². The summed E-state index contributed by atoms with van der Waals surface area (Å²) in [4.78, 5) is 17.6. The minimum absolute atomic E-state index is 0.0163. The Kier molecular flexibility index (Phi) is 6.69. The third kappa shape index (κ3) is 4.55. The van der Waals surface area contributed by atoms with Gasteiger partial charge >= 0.3 is 5.97 Å². The molecule has 182 valence electrons. The molecule has 1 atom stereocenters. The zero-order valence-electron chi connectivity index (χ0n) is 19.3. The highest BCUT2D eigenvalue weighted by Crippen LogP contribution is 2.39. The van der Waals surface area contributed by atoms with E-state index in [0.717, 1.165) is 11.1 Å². The molecule has 9 heteroatoms. The standard InChI is InChI=1S/C27H22ClFN4O3/c1-2-35-26(34)23-24(17-7-4-3-5-8-17)32-27-30-16-31-33(27)25(23)18-11-13-19(14-12-18)36-15-20-21(28)9-6-10-22(20)29/h3-14,16,25H,2,15H2,1H3,(H,30,31,32)/t25-/m1/s1. The van der Waals surface area contributed by atoms with E-state index in [-0.39, 0.29) is 18.8 Å². The molecular weight excluding hydrogens is 483 g/mol. The number of ether oxygens (including phenoxy) is 2. The molecule has 0 radical (unpaired) electrons. The maximum absolute atomic E-state index is 14.1. The number of halogens is 2. The van der Waals surface area contributed by atoms with E-state index < -0.39 is 17.8 Å². The highest BCUT2D eigenvalue weighted by molar-refractivity contribution is 6.31. The zero-order valence-corrected chi connectivity index (χ0v) is 20.1. The van der Waals surface area contributed by atoms with Crippen LogP contribution < -0.4 is 10.1 Å². The highest BCUT2D eigenvalue weighted by Gasteiger charge is 2.36. The molecule has 0 saturated carbocycles. The van der Waals surface area contributed by atoms with Crippen molar-refractivity contribution in [2.75, 3.05) is 11.9 Å². The molecule has 0 fully saturated rings. The summed E-state index contributed by atoms with van der Waals surface area (Å²) < 4.78 is 27.0. The number of nitrogens with zero attached hydrogens (tertiary/aromatic N) is 3. The number of anilines is 1. The smallest absolute Gasteiger partial charge is 0.338 e. The van der Waals surface area contributed by atoms with E-state index in [0.29, 0.717) is 28.0 Å². The normalized spacial score (nSPS) is 14.7. The SMILES string of the molecule is CCOC(=O)C1=C(c2ccccc2)Nc2ncnn2[C@@H]1c1ccc(OCc2c(F)cccc2Cl)cc1. The van der Waals surface area contributed by atoms with Crippen LogP contribution in [0.25, 0.3) is 5.70 Å². The number of fused-ring (bicyclic) bond motifs is 1. The van der Waals surface area contributed by atoms with Crippen molar-refractivity contribution in [2.24, 2.45) is 0 Å². The minimum Gasteiger partial charge on any atom is -0.489 e. The predicted molar refractivity (Wildman–Crippen MR) is 134 cm³/mol. The Morgan fingerprint density at radius 1 is 1.08 bits per heavy atom. The van der Waals surface area contributed by atoms with Gasteiger partial charge in [-0.15, -0.1) is 0 Å². The molecule has 0 aliphatic carbocycles. The van der Waals surface area contributed by atoms with Crippen LogP contribution in [0.4, 0.5) is 10.3 Å². The maximum atomic E-state index is 14.1. The average molecular weight is 505 g/mol. The van der Waals surface area contributed by atoms with Crippen LogP contribution in [0.3, 0.4) is 0 Å². The summed E-state index contributed by atoms with van der Waals surface area (Å²) in [5.41, 5.74) is 2.90. The van der Waals surface area contributed by atoms with Crippen LogP contribution in [-0.4, -0.2) is 27.3 Å². The lowest BCUT2D eigenvalue weighted by molar-refractivity contribution is -0.138. The number of rotatable bonds is 7. The Hall–Kier alpha value is -4.17. The number of carbonyl (C=O) groups excluding carboxylic acids is 1. The van der Waals surface area contributed by atoms with Gasteiger partial charge in [-0.25, -0.2) is 13.9 Å². The third-order valence-corrected chi connectivity index (χ3v) is 6.15. The van der Waals surface area contributed by atoms with E-state index in [4.69, 9.17) is 21.1 Å². The van der Waals surface area contributed by atoms with E-state index >= 15 is 0 Å². The van der Waals surface area contributed by atoms with Gasteiger partial charge in [-0.3, -0.25) is 0 Å². The predicted octanol–water partition coefficient (Wildman–Crippen LogP) is 5.64. The van der Waals surface area contributed by atoms with E-state index in [9.17, 15) is 9.18 Å². The van der Waals surface area contributed by atoms with Crippen molar-refractivity contribution in [3.8, 4) is 5.75 Å². The first-order valence-corrected chi connectivity index (χ1v) is 11.7. The van der Waals surface area contributed by atoms with Crippen LogP contribution in [0.1, 0.15) is 29.7 Å². The Bertz CT molecular complexity index is 1400. The molecule has 2 heterocycles. The van der Waals surface area contributed by atoms with Crippen LogP contribution >= 0.6 is 11.6 Å². The molecule has 7 nitrogen and oxygen atoms in total. The lowest BCUT2D eigenvalue weighted by Crippen LogP contribution is -2.30. The summed E-state index contributed by atoms with van der Waals surface area (Å²) in [6.07, 6.45) is 1.43. The molecule has 4 aromatic rings. The minimum atomic E-state index is -0.590. The molecule has 0 amide bonds. The second-order valence-corrected chi connectivity index (χ2v) is 8.40. The third-order valence-electron chi connectivity index (χ3n) is 5.80. The monoisotopic (exact) mass is 504 g/mol. The Morgan fingerprint density at radius 2 is 1.86 bits per heavy atom. The Labute approximate surface area is 212 Å². The highest BCUT2D eigenvalue weighted by atomic mass is 35.5. The number of carbonyl (C=O) groups is 1. The fraction of sp³-hybridized carbons (Fsp3) is 0.148. The molecule has 0 bridgehead atoms. The lowest BCUT2D eigenvalue weighted by Gasteiger charge is -2.29. The molecule has 1 N–H and O–H groups in total. The zero-order chi connectivity index (χ0) is 25.1. The molecule has 36 heavy (non-hydrogen) atoms. The molecule has 5 rings (SSSR count). The summed E-state index contributed by atoms with van der Waals surface area (Å²) in [7, 11) is 0. The number of aromatic nitrogens is 3. The van der Waals surface area contributed by atoms with Crippen LogP contribution in [0, 0.1) is 5.82 Å². The van der Waals surface area contributed by atoms with Gasteiger partial charge in [0, 0.05) is 5.56 Å². The molecular formula is C27H22ClFN4O3.